The summed E-state index contributed by atoms with van der Waals surface area (Å²) in [6.07, 6.45) is 1.20. The van der Waals surface area contributed by atoms with Crippen molar-refractivity contribution in [3.63, 3.8) is 0 Å². The molecule has 0 amide bonds. The van der Waals surface area contributed by atoms with E-state index in [-0.39, 0.29) is 6.61 Å². The molecule has 0 aromatic heterocycles. The van der Waals surface area contributed by atoms with E-state index in [0.29, 0.717) is 11.3 Å². The monoisotopic (exact) mass is 235 g/mol. The van der Waals surface area contributed by atoms with Crippen LogP contribution in [0.15, 0.2) is 29.8 Å². The molecule has 90 valence electrons. The van der Waals surface area contributed by atoms with E-state index < -0.39 is 17.5 Å². The number of carbonyl (C=O) groups excluding carboxylic acids is 1. The first-order valence-electron chi connectivity index (χ1n) is 5.03. The van der Waals surface area contributed by atoms with Gasteiger partial charge in [0, 0.05) is 5.69 Å². The second-order valence-corrected chi connectivity index (χ2v) is 3.21. The number of aliphatic carboxylic acids is 1. The maximum atomic E-state index is 11.4. The Morgan fingerprint density at radius 1 is 1.41 bits per heavy atom. The topological polar surface area (TPSA) is 89.6 Å². The summed E-state index contributed by atoms with van der Waals surface area (Å²) in [5.74, 6) is -2.21. The van der Waals surface area contributed by atoms with Crippen LogP contribution < -0.4 is 5.73 Å². The first-order valence-corrected chi connectivity index (χ1v) is 5.03. The van der Waals surface area contributed by atoms with E-state index in [1.165, 1.54) is 6.08 Å². The van der Waals surface area contributed by atoms with Gasteiger partial charge in [0.2, 0.25) is 0 Å². The Morgan fingerprint density at radius 3 is 2.59 bits per heavy atom. The molecule has 0 aliphatic rings. The number of carboxylic acid groups (broad SMARTS) is 1. The first kappa shape index (κ1) is 12.8. The fraction of sp³-hybridized carbons (Fsp3) is 0.167. The Bertz CT molecular complexity index is 465. The number of hydrogen-bond acceptors (Lipinski definition) is 4. The summed E-state index contributed by atoms with van der Waals surface area (Å²) >= 11 is 0. The smallest absolute Gasteiger partial charge is 0.345 e. The molecule has 1 aromatic carbocycles. The third-order valence-electron chi connectivity index (χ3n) is 2.02. The van der Waals surface area contributed by atoms with Gasteiger partial charge in [-0.15, -0.1) is 0 Å². The fourth-order valence-corrected chi connectivity index (χ4v) is 1.21. The number of esters is 1. The standard InChI is InChI=1S/C12H13NO4/c1-2-17-12(16)9(11(14)15)7-8-5-3-4-6-10(8)13/h3-7H,2,13H2,1H3,(H,14,15). The number of anilines is 1. The van der Waals surface area contributed by atoms with Crippen molar-refractivity contribution in [3.05, 3.63) is 35.4 Å². The van der Waals surface area contributed by atoms with Gasteiger partial charge in [0.1, 0.15) is 5.57 Å². The van der Waals surface area contributed by atoms with Crippen molar-refractivity contribution in [1.29, 1.82) is 0 Å². The molecule has 0 bridgehead atoms. The van der Waals surface area contributed by atoms with E-state index in [4.69, 9.17) is 10.8 Å². The molecule has 17 heavy (non-hydrogen) atoms. The predicted octanol–water partition coefficient (Wildman–Crippen LogP) is 1.30. The van der Waals surface area contributed by atoms with Gasteiger partial charge in [-0.05, 0) is 24.6 Å². The highest BCUT2D eigenvalue weighted by Gasteiger charge is 2.18. The van der Waals surface area contributed by atoms with Crippen LogP contribution in [0, 0.1) is 0 Å². The average molecular weight is 235 g/mol. The van der Waals surface area contributed by atoms with Gasteiger partial charge >= 0.3 is 11.9 Å². The molecule has 0 unspecified atom stereocenters. The summed E-state index contributed by atoms with van der Waals surface area (Å²) in [4.78, 5) is 22.3. The second-order valence-electron chi connectivity index (χ2n) is 3.21. The average Bonchev–Trinajstić information content (AvgIpc) is 2.27. The summed E-state index contributed by atoms with van der Waals surface area (Å²) in [5.41, 5.74) is 6.08. The van der Waals surface area contributed by atoms with Crippen molar-refractivity contribution in [1.82, 2.24) is 0 Å². The number of nitrogen functional groups attached to an aromatic ring is 1. The molecule has 0 aliphatic carbocycles. The molecule has 0 aliphatic heterocycles. The zero-order valence-corrected chi connectivity index (χ0v) is 9.34. The van der Waals surface area contributed by atoms with Crippen LogP contribution in [0.1, 0.15) is 12.5 Å². The van der Waals surface area contributed by atoms with Gasteiger partial charge in [0.25, 0.3) is 0 Å². The molecular formula is C12H13NO4. The van der Waals surface area contributed by atoms with E-state index in [0.717, 1.165) is 0 Å². The zero-order valence-electron chi connectivity index (χ0n) is 9.34. The van der Waals surface area contributed by atoms with E-state index in [1.807, 2.05) is 0 Å². The quantitative estimate of drug-likeness (QED) is 0.270. The Balaban J connectivity index is 3.11. The van der Waals surface area contributed by atoms with Crippen molar-refractivity contribution in [2.24, 2.45) is 0 Å². The van der Waals surface area contributed by atoms with Gasteiger partial charge in [-0.2, -0.15) is 0 Å². The molecule has 0 saturated carbocycles. The summed E-state index contributed by atoms with van der Waals surface area (Å²) in [5, 5.41) is 8.91. The lowest BCUT2D eigenvalue weighted by atomic mass is 10.1. The summed E-state index contributed by atoms with van der Waals surface area (Å²) in [6.45, 7) is 1.72. The third-order valence-corrected chi connectivity index (χ3v) is 2.02. The van der Waals surface area contributed by atoms with Crippen LogP contribution in [-0.2, 0) is 14.3 Å². The largest absolute Gasteiger partial charge is 0.477 e. The SMILES string of the molecule is CCOC(=O)C(=Cc1ccccc1N)C(=O)O. The molecule has 0 spiro atoms. The number of nitrogens with two attached hydrogens (primary N) is 1. The lowest BCUT2D eigenvalue weighted by molar-refractivity contribution is -0.143. The van der Waals surface area contributed by atoms with Gasteiger partial charge in [0.15, 0.2) is 0 Å². The lowest BCUT2D eigenvalue weighted by Crippen LogP contribution is -2.15. The van der Waals surface area contributed by atoms with Crippen LogP contribution >= 0.6 is 0 Å². The number of carbonyl (C=O) groups is 2. The van der Waals surface area contributed by atoms with Gasteiger partial charge in [-0.3, -0.25) is 0 Å². The Labute approximate surface area is 98.5 Å². The first-order chi connectivity index (χ1) is 8.06. The second kappa shape index (κ2) is 5.69. The molecule has 0 fully saturated rings. The Morgan fingerprint density at radius 2 is 2.06 bits per heavy atom. The van der Waals surface area contributed by atoms with E-state index in [1.54, 1.807) is 31.2 Å². The minimum Gasteiger partial charge on any atom is -0.477 e. The number of rotatable bonds is 4. The zero-order chi connectivity index (χ0) is 12.8. The summed E-state index contributed by atoms with van der Waals surface area (Å²) in [6, 6.07) is 6.66. The van der Waals surface area contributed by atoms with E-state index >= 15 is 0 Å². The van der Waals surface area contributed by atoms with E-state index in [2.05, 4.69) is 4.74 Å². The van der Waals surface area contributed by atoms with Crippen LogP contribution in [0.2, 0.25) is 0 Å². The molecule has 3 N–H and O–H groups in total. The lowest BCUT2D eigenvalue weighted by Gasteiger charge is -2.04. The number of carboxylic acids is 1. The summed E-state index contributed by atoms with van der Waals surface area (Å²) < 4.78 is 4.65. The molecule has 0 heterocycles. The molecule has 0 radical (unpaired) electrons. The Hall–Kier alpha value is -2.30. The van der Waals surface area contributed by atoms with Gasteiger partial charge in [-0.1, -0.05) is 18.2 Å². The van der Waals surface area contributed by atoms with E-state index in [9.17, 15) is 9.59 Å². The molecule has 0 saturated heterocycles. The van der Waals surface area contributed by atoms with Crippen molar-refractivity contribution in [3.8, 4) is 0 Å². The van der Waals surface area contributed by atoms with Crippen LogP contribution in [0.4, 0.5) is 5.69 Å². The maximum absolute atomic E-state index is 11.4. The summed E-state index contributed by atoms with van der Waals surface area (Å²) in [7, 11) is 0. The third kappa shape index (κ3) is 3.34. The van der Waals surface area contributed by atoms with Crippen molar-refractivity contribution < 1.29 is 19.4 Å². The number of benzene rings is 1. The van der Waals surface area contributed by atoms with Crippen molar-refractivity contribution >= 4 is 23.7 Å². The van der Waals surface area contributed by atoms with Crippen LogP contribution in [0.25, 0.3) is 6.08 Å². The van der Waals surface area contributed by atoms with Gasteiger partial charge < -0.3 is 15.6 Å². The highest BCUT2D eigenvalue weighted by Crippen LogP contribution is 2.15. The molecule has 1 aromatic rings. The van der Waals surface area contributed by atoms with Crippen molar-refractivity contribution in [2.45, 2.75) is 6.92 Å². The number of ether oxygens (including phenoxy) is 1. The highest BCUT2D eigenvalue weighted by molar-refractivity contribution is 6.17. The van der Waals surface area contributed by atoms with Crippen molar-refractivity contribution in [2.75, 3.05) is 12.3 Å². The van der Waals surface area contributed by atoms with Gasteiger partial charge in [-0.25, -0.2) is 9.59 Å². The number of hydrogen-bond donors (Lipinski definition) is 2. The minimum atomic E-state index is -1.34. The Kier molecular flexibility index (Phi) is 4.28. The highest BCUT2D eigenvalue weighted by atomic mass is 16.5. The molecule has 1 rings (SSSR count). The molecule has 5 nitrogen and oxygen atoms in total. The fourth-order valence-electron chi connectivity index (χ4n) is 1.21. The molecule has 5 heteroatoms. The van der Waals surface area contributed by atoms with Gasteiger partial charge in [0.05, 0.1) is 6.61 Å². The van der Waals surface area contributed by atoms with Crippen LogP contribution in [-0.4, -0.2) is 23.7 Å². The normalized spacial score (nSPS) is 11.0. The molecular weight excluding hydrogens is 222 g/mol. The minimum absolute atomic E-state index is 0.119. The predicted molar refractivity (Wildman–Crippen MR) is 63.1 cm³/mol. The number of para-hydroxylation sites is 1. The molecule has 0 atom stereocenters. The van der Waals surface area contributed by atoms with Crippen LogP contribution in [0.5, 0.6) is 0 Å². The maximum Gasteiger partial charge on any atom is 0.345 e. The van der Waals surface area contributed by atoms with Crippen LogP contribution in [0.3, 0.4) is 0 Å².